The van der Waals surface area contributed by atoms with Crippen LogP contribution in [0.4, 0.5) is 4.39 Å². The normalized spacial score (nSPS) is 15.5. The molecule has 1 aromatic heterocycles. The van der Waals surface area contributed by atoms with E-state index in [1.54, 1.807) is 6.92 Å². The Hall–Kier alpha value is -2.76. The number of ketones is 1. The fourth-order valence-electron chi connectivity index (χ4n) is 3.42. The summed E-state index contributed by atoms with van der Waals surface area (Å²) in [6, 6.07) is 5.36. The van der Waals surface area contributed by atoms with Crippen molar-refractivity contribution in [3.63, 3.8) is 0 Å². The summed E-state index contributed by atoms with van der Waals surface area (Å²) in [6.45, 7) is 6.03. The van der Waals surface area contributed by atoms with Crippen LogP contribution in [0.3, 0.4) is 0 Å². The largest absolute Gasteiger partial charge is 0.352 e. The molecule has 0 bridgehead atoms. The molecule has 3 rings (SSSR count). The fourth-order valence-corrected chi connectivity index (χ4v) is 3.42. The molecule has 0 saturated heterocycles. The number of rotatable bonds is 3. The van der Waals surface area contributed by atoms with Crippen LogP contribution in [0, 0.1) is 11.2 Å². The van der Waals surface area contributed by atoms with Crippen LogP contribution in [0.2, 0.25) is 0 Å². The average molecular weight is 356 g/mol. The molecule has 0 atom stereocenters. The van der Waals surface area contributed by atoms with Crippen LogP contribution in [0.25, 0.3) is 5.69 Å². The quantitative estimate of drug-likeness (QED) is 0.919. The molecule has 136 valence electrons. The molecule has 0 fully saturated rings. The summed E-state index contributed by atoms with van der Waals surface area (Å²) in [7, 11) is 0. The first kappa shape index (κ1) is 18.0. The van der Waals surface area contributed by atoms with Crippen molar-refractivity contribution in [2.75, 3.05) is 6.54 Å². The fraction of sp³-hybridized carbons (Fsp3) is 0.350. The molecule has 0 unspecified atom stereocenters. The number of fused-ring (bicyclic) bond motifs is 1. The minimum absolute atomic E-state index is 0.00481. The minimum Gasteiger partial charge on any atom is -0.352 e. The molecule has 1 N–H and O–H groups in total. The lowest BCUT2D eigenvalue weighted by Crippen LogP contribution is -2.39. The van der Waals surface area contributed by atoms with Crippen molar-refractivity contribution < 1.29 is 14.0 Å². The van der Waals surface area contributed by atoms with Crippen LogP contribution in [0.15, 0.2) is 35.3 Å². The molecule has 26 heavy (non-hydrogen) atoms. The molecular weight excluding hydrogens is 335 g/mol. The van der Waals surface area contributed by atoms with Gasteiger partial charge in [-0.05, 0) is 48.6 Å². The van der Waals surface area contributed by atoms with E-state index in [0.29, 0.717) is 36.2 Å². The zero-order valence-corrected chi connectivity index (χ0v) is 15.1. The summed E-state index contributed by atoms with van der Waals surface area (Å²) in [6.07, 6.45) is 2.29. The van der Waals surface area contributed by atoms with Crippen molar-refractivity contribution in [2.45, 2.75) is 33.6 Å². The van der Waals surface area contributed by atoms with Crippen LogP contribution in [-0.2, 0) is 6.42 Å². The van der Waals surface area contributed by atoms with Crippen LogP contribution in [0.5, 0.6) is 0 Å². The maximum Gasteiger partial charge on any atom is 0.268 e. The van der Waals surface area contributed by atoms with Crippen LogP contribution in [-0.4, -0.2) is 22.8 Å². The lowest BCUT2D eigenvalue weighted by atomic mass is 9.73. The molecule has 1 aromatic carbocycles. The number of aromatic nitrogens is 1. The van der Waals surface area contributed by atoms with Gasteiger partial charge in [-0.25, -0.2) is 4.39 Å². The third kappa shape index (κ3) is 3.19. The van der Waals surface area contributed by atoms with Gasteiger partial charge in [-0.2, -0.15) is 0 Å². The number of benzene rings is 1. The second-order valence-corrected chi connectivity index (χ2v) is 7.35. The van der Waals surface area contributed by atoms with Gasteiger partial charge in [0.05, 0.1) is 0 Å². The second-order valence-electron chi connectivity index (χ2n) is 7.35. The molecule has 1 aliphatic carbocycles. The van der Waals surface area contributed by atoms with Crippen molar-refractivity contribution >= 4 is 11.7 Å². The smallest absolute Gasteiger partial charge is 0.268 e. The molecule has 0 radical (unpaired) electrons. The van der Waals surface area contributed by atoms with Gasteiger partial charge in [-0.3, -0.25) is 19.0 Å². The van der Waals surface area contributed by atoms with Gasteiger partial charge in [-0.15, -0.1) is 0 Å². The summed E-state index contributed by atoms with van der Waals surface area (Å²) in [4.78, 5) is 38.3. The number of amides is 1. The average Bonchev–Trinajstić information content (AvgIpc) is 2.54. The molecule has 0 aliphatic heterocycles. The van der Waals surface area contributed by atoms with Gasteiger partial charge in [-0.1, -0.05) is 13.8 Å². The van der Waals surface area contributed by atoms with E-state index in [4.69, 9.17) is 0 Å². The number of Topliss-reactive ketones (excluding diaryl/α,β-unsaturated/α-hetero) is 1. The highest BCUT2D eigenvalue weighted by molar-refractivity contribution is 6.04. The Kier molecular flexibility index (Phi) is 4.52. The number of hydrogen-bond donors (Lipinski definition) is 1. The molecule has 2 aromatic rings. The van der Waals surface area contributed by atoms with E-state index in [0.717, 1.165) is 0 Å². The van der Waals surface area contributed by atoms with Gasteiger partial charge < -0.3 is 5.32 Å². The van der Waals surface area contributed by atoms with Gasteiger partial charge in [0.1, 0.15) is 11.4 Å². The van der Waals surface area contributed by atoms with Crippen LogP contribution >= 0.6 is 0 Å². The number of carbonyl (C=O) groups is 2. The van der Waals surface area contributed by atoms with Crippen LogP contribution in [0.1, 0.15) is 53.5 Å². The maximum atomic E-state index is 13.2. The highest BCUT2D eigenvalue weighted by Gasteiger charge is 2.35. The lowest BCUT2D eigenvalue weighted by molar-refractivity contribution is 0.0909. The first-order valence-electron chi connectivity index (χ1n) is 8.59. The van der Waals surface area contributed by atoms with Crippen molar-refractivity contribution in [3.05, 3.63) is 63.3 Å². The van der Waals surface area contributed by atoms with E-state index >= 15 is 0 Å². The van der Waals surface area contributed by atoms with E-state index in [1.807, 2.05) is 13.8 Å². The molecule has 1 aliphatic rings. The molecule has 1 heterocycles. The lowest BCUT2D eigenvalue weighted by Gasteiger charge is -2.31. The summed E-state index contributed by atoms with van der Waals surface area (Å²) in [5, 5.41) is 2.66. The molecule has 5 nitrogen and oxygen atoms in total. The zero-order valence-electron chi connectivity index (χ0n) is 15.1. The van der Waals surface area contributed by atoms with E-state index < -0.39 is 17.3 Å². The predicted octanol–water partition coefficient (Wildman–Crippen LogP) is 2.88. The van der Waals surface area contributed by atoms with Crippen molar-refractivity contribution in [2.24, 2.45) is 5.41 Å². The number of nitrogens with zero attached hydrogens (tertiary/aromatic N) is 1. The predicted molar refractivity (Wildman–Crippen MR) is 96.4 cm³/mol. The number of nitrogens with one attached hydrogen (secondary N) is 1. The Balaban J connectivity index is 2.30. The Morgan fingerprint density at radius 2 is 1.85 bits per heavy atom. The van der Waals surface area contributed by atoms with Crippen molar-refractivity contribution in [1.29, 1.82) is 0 Å². The SMILES string of the molecule is CCNC(=O)c1c2c(cn(-c3ccc(F)cc3)c1=O)C(=O)CC(C)(C)C2. The molecule has 0 spiro atoms. The Morgan fingerprint density at radius 3 is 2.46 bits per heavy atom. The molecule has 0 saturated carbocycles. The van der Waals surface area contributed by atoms with Crippen LogP contribution < -0.4 is 10.9 Å². The van der Waals surface area contributed by atoms with Crippen molar-refractivity contribution in [1.82, 2.24) is 9.88 Å². The van der Waals surface area contributed by atoms with Crippen molar-refractivity contribution in [3.8, 4) is 5.69 Å². The number of halogens is 1. The van der Waals surface area contributed by atoms with E-state index in [-0.39, 0.29) is 16.8 Å². The Bertz CT molecular complexity index is 943. The zero-order chi connectivity index (χ0) is 19.1. The summed E-state index contributed by atoms with van der Waals surface area (Å²) < 4.78 is 14.5. The Morgan fingerprint density at radius 1 is 1.19 bits per heavy atom. The van der Waals surface area contributed by atoms with Gasteiger partial charge in [0.25, 0.3) is 11.5 Å². The summed E-state index contributed by atoms with van der Waals surface area (Å²) >= 11 is 0. The summed E-state index contributed by atoms with van der Waals surface area (Å²) in [5.74, 6) is -1.02. The van der Waals surface area contributed by atoms with E-state index in [9.17, 15) is 18.8 Å². The molecule has 1 amide bonds. The molecular formula is C20H21FN2O3. The molecule has 6 heteroatoms. The summed E-state index contributed by atoms with van der Waals surface area (Å²) in [5.41, 5.74) is 0.457. The van der Waals surface area contributed by atoms with Gasteiger partial charge in [0.15, 0.2) is 5.78 Å². The highest BCUT2D eigenvalue weighted by Crippen LogP contribution is 2.35. The topological polar surface area (TPSA) is 68.2 Å². The van der Waals surface area contributed by atoms with E-state index in [1.165, 1.54) is 35.0 Å². The standard InChI is InChI=1S/C20H21FN2O3/c1-4-22-18(25)17-14-9-20(2,3)10-16(24)15(14)11-23(19(17)26)13-7-5-12(21)6-8-13/h5-8,11H,4,9-10H2,1-3H3,(H,22,25). The van der Waals surface area contributed by atoms with Gasteiger partial charge >= 0.3 is 0 Å². The Labute approximate surface area is 150 Å². The number of pyridine rings is 1. The maximum absolute atomic E-state index is 13.2. The third-order valence-electron chi connectivity index (χ3n) is 4.58. The first-order valence-corrected chi connectivity index (χ1v) is 8.59. The number of carbonyl (C=O) groups excluding carboxylic acids is 2. The second kappa shape index (κ2) is 6.52. The van der Waals surface area contributed by atoms with Gasteiger partial charge in [0, 0.05) is 30.4 Å². The minimum atomic E-state index is -0.508. The number of hydrogen-bond acceptors (Lipinski definition) is 3. The first-order chi connectivity index (χ1) is 12.2. The van der Waals surface area contributed by atoms with Gasteiger partial charge in [0.2, 0.25) is 0 Å². The third-order valence-corrected chi connectivity index (χ3v) is 4.58. The monoisotopic (exact) mass is 356 g/mol. The highest BCUT2D eigenvalue weighted by atomic mass is 19.1. The van der Waals surface area contributed by atoms with E-state index in [2.05, 4.69) is 5.32 Å².